The van der Waals surface area contributed by atoms with Gasteiger partial charge in [0.25, 0.3) is 0 Å². The van der Waals surface area contributed by atoms with Crippen LogP contribution in [0.5, 0.6) is 11.6 Å². The van der Waals surface area contributed by atoms with Crippen molar-refractivity contribution in [3.05, 3.63) is 53.2 Å². The number of nitrogens with zero attached hydrogens (tertiary/aromatic N) is 1. The van der Waals surface area contributed by atoms with Crippen LogP contribution in [-0.2, 0) is 0 Å². The minimum absolute atomic E-state index is 0.000213. The van der Waals surface area contributed by atoms with Crippen molar-refractivity contribution >= 4 is 5.84 Å². The molecule has 1 aromatic heterocycles. The molecule has 2 aromatic rings. The van der Waals surface area contributed by atoms with Crippen LogP contribution >= 0.6 is 0 Å². The number of hydrogen-bond acceptors (Lipinski definition) is 3. The number of nitrogens with two attached hydrogens (primary N) is 1. The summed E-state index contributed by atoms with van der Waals surface area (Å²) in [7, 11) is 0. The van der Waals surface area contributed by atoms with Crippen LogP contribution in [-0.4, -0.2) is 10.8 Å². The molecule has 18 heavy (non-hydrogen) atoms. The maximum atomic E-state index is 7.28. The Morgan fingerprint density at radius 1 is 1.17 bits per heavy atom. The van der Waals surface area contributed by atoms with Gasteiger partial charge in [-0.25, -0.2) is 4.98 Å². The van der Waals surface area contributed by atoms with Gasteiger partial charge in [-0.1, -0.05) is 6.07 Å². The summed E-state index contributed by atoms with van der Waals surface area (Å²) in [6.45, 7) is 4.09. The first-order valence-electron chi connectivity index (χ1n) is 5.62. The van der Waals surface area contributed by atoms with Gasteiger partial charge >= 0.3 is 0 Å². The van der Waals surface area contributed by atoms with E-state index in [9.17, 15) is 0 Å². The van der Waals surface area contributed by atoms with Gasteiger partial charge < -0.3 is 10.5 Å². The average molecular weight is 241 g/mol. The highest BCUT2D eigenvalue weighted by Gasteiger charge is 2.02. The largest absolute Gasteiger partial charge is 0.439 e. The molecule has 2 rings (SSSR count). The number of pyridine rings is 1. The molecule has 0 aliphatic carbocycles. The second-order valence-corrected chi connectivity index (χ2v) is 4.15. The summed E-state index contributed by atoms with van der Waals surface area (Å²) >= 11 is 0. The fraction of sp³-hybridized carbons (Fsp3) is 0.143. The third-order valence-electron chi connectivity index (χ3n) is 2.75. The fourth-order valence-electron chi connectivity index (χ4n) is 1.50. The summed E-state index contributed by atoms with van der Waals surface area (Å²) in [6.07, 6.45) is 1.53. The first-order chi connectivity index (χ1) is 8.56. The molecule has 3 N–H and O–H groups in total. The van der Waals surface area contributed by atoms with Gasteiger partial charge in [-0.2, -0.15) is 0 Å². The Hall–Kier alpha value is -2.36. The van der Waals surface area contributed by atoms with Crippen LogP contribution in [0.3, 0.4) is 0 Å². The molecule has 4 heteroatoms. The normalized spacial score (nSPS) is 10.1. The minimum atomic E-state index is 0.000213. The molecule has 0 unspecified atom stereocenters. The average Bonchev–Trinajstić information content (AvgIpc) is 2.34. The lowest BCUT2D eigenvalue weighted by molar-refractivity contribution is 0.462. The van der Waals surface area contributed by atoms with Gasteiger partial charge in [0.1, 0.15) is 11.6 Å². The van der Waals surface area contributed by atoms with Gasteiger partial charge in [-0.15, -0.1) is 0 Å². The van der Waals surface area contributed by atoms with Gasteiger partial charge in [-0.3, -0.25) is 5.41 Å². The van der Waals surface area contributed by atoms with Crippen LogP contribution in [0.4, 0.5) is 0 Å². The van der Waals surface area contributed by atoms with E-state index in [-0.39, 0.29) is 5.84 Å². The highest BCUT2D eigenvalue weighted by molar-refractivity contribution is 5.94. The van der Waals surface area contributed by atoms with E-state index >= 15 is 0 Å². The highest BCUT2D eigenvalue weighted by Crippen LogP contribution is 2.22. The monoisotopic (exact) mass is 241 g/mol. The molecule has 0 saturated carbocycles. The molecule has 0 fully saturated rings. The molecular weight excluding hydrogens is 226 g/mol. The minimum Gasteiger partial charge on any atom is -0.439 e. The summed E-state index contributed by atoms with van der Waals surface area (Å²) in [5.74, 6) is 1.24. The van der Waals surface area contributed by atoms with Crippen LogP contribution in [0.25, 0.3) is 0 Å². The van der Waals surface area contributed by atoms with E-state index in [1.54, 1.807) is 12.1 Å². The predicted molar refractivity (Wildman–Crippen MR) is 71.2 cm³/mol. The predicted octanol–water partition coefficient (Wildman–Crippen LogP) is 2.77. The number of ether oxygens (including phenoxy) is 1. The standard InChI is InChI=1S/C14H15N3O/c1-9-3-5-12(7-10(9)2)18-13-6-4-11(8-17-13)14(15)16/h3-8H,1-2H3,(H3,15,16). The van der Waals surface area contributed by atoms with Gasteiger partial charge in [0.2, 0.25) is 5.88 Å². The molecule has 1 aromatic carbocycles. The van der Waals surface area contributed by atoms with Crippen LogP contribution in [0.1, 0.15) is 16.7 Å². The summed E-state index contributed by atoms with van der Waals surface area (Å²) in [4.78, 5) is 4.10. The van der Waals surface area contributed by atoms with Crippen molar-refractivity contribution in [2.24, 2.45) is 5.73 Å². The van der Waals surface area contributed by atoms with E-state index in [1.165, 1.54) is 17.3 Å². The van der Waals surface area contributed by atoms with E-state index in [1.807, 2.05) is 25.1 Å². The second-order valence-electron chi connectivity index (χ2n) is 4.15. The molecule has 4 nitrogen and oxygen atoms in total. The maximum Gasteiger partial charge on any atom is 0.219 e. The quantitative estimate of drug-likeness (QED) is 0.641. The molecule has 0 aliphatic heterocycles. The first-order valence-corrected chi connectivity index (χ1v) is 5.62. The molecule has 0 bridgehead atoms. The Morgan fingerprint density at radius 2 is 1.94 bits per heavy atom. The lowest BCUT2D eigenvalue weighted by atomic mass is 10.1. The van der Waals surface area contributed by atoms with E-state index in [0.717, 1.165) is 5.75 Å². The van der Waals surface area contributed by atoms with Gasteiger partial charge in [0.15, 0.2) is 0 Å². The Kier molecular flexibility index (Phi) is 3.28. The zero-order valence-corrected chi connectivity index (χ0v) is 10.4. The van der Waals surface area contributed by atoms with Crippen molar-refractivity contribution in [2.45, 2.75) is 13.8 Å². The topological polar surface area (TPSA) is 72.0 Å². The van der Waals surface area contributed by atoms with Crippen molar-refractivity contribution in [2.75, 3.05) is 0 Å². The lowest BCUT2D eigenvalue weighted by Crippen LogP contribution is -2.11. The zero-order chi connectivity index (χ0) is 13.1. The number of aromatic nitrogens is 1. The number of aryl methyl sites for hydroxylation is 2. The molecular formula is C14H15N3O. The maximum absolute atomic E-state index is 7.28. The Balaban J connectivity index is 2.18. The van der Waals surface area contributed by atoms with Crippen LogP contribution in [0, 0.1) is 19.3 Å². The van der Waals surface area contributed by atoms with Crippen molar-refractivity contribution < 1.29 is 4.74 Å². The summed E-state index contributed by atoms with van der Waals surface area (Å²) in [5, 5.41) is 7.28. The smallest absolute Gasteiger partial charge is 0.219 e. The van der Waals surface area contributed by atoms with Crippen molar-refractivity contribution in [3.63, 3.8) is 0 Å². The Morgan fingerprint density at radius 3 is 2.50 bits per heavy atom. The second kappa shape index (κ2) is 4.87. The van der Waals surface area contributed by atoms with E-state index in [0.29, 0.717) is 11.4 Å². The van der Waals surface area contributed by atoms with Gasteiger partial charge in [-0.05, 0) is 43.2 Å². The third kappa shape index (κ3) is 2.66. The molecule has 0 aliphatic rings. The molecule has 0 radical (unpaired) electrons. The molecule has 92 valence electrons. The third-order valence-corrected chi connectivity index (χ3v) is 2.75. The van der Waals surface area contributed by atoms with E-state index < -0.39 is 0 Å². The summed E-state index contributed by atoms with van der Waals surface area (Å²) < 4.78 is 5.63. The molecule has 0 amide bonds. The lowest BCUT2D eigenvalue weighted by Gasteiger charge is -2.07. The van der Waals surface area contributed by atoms with Crippen molar-refractivity contribution in [1.82, 2.24) is 4.98 Å². The van der Waals surface area contributed by atoms with Gasteiger partial charge in [0, 0.05) is 17.8 Å². The van der Waals surface area contributed by atoms with Crippen LogP contribution < -0.4 is 10.5 Å². The zero-order valence-electron chi connectivity index (χ0n) is 10.4. The molecule has 0 spiro atoms. The van der Waals surface area contributed by atoms with E-state index in [4.69, 9.17) is 15.9 Å². The first kappa shape index (κ1) is 12.1. The Bertz CT molecular complexity index is 576. The highest BCUT2D eigenvalue weighted by atomic mass is 16.5. The SMILES string of the molecule is Cc1ccc(Oc2ccc(C(=N)N)cn2)cc1C. The number of hydrogen-bond donors (Lipinski definition) is 2. The summed E-state index contributed by atoms with van der Waals surface area (Å²) in [6, 6.07) is 9.30. The summed E-state index contributed by atoms with van der Waals surface area (Å²) in [5.41, 5.74) is 8.34. The number of amidine groups is 1. The van der Waals surface area contributed by atoms with Gasteiger partial charge in [0.05, 0.1) is 0 Å². The fourth-order valence-corrected chi connectivity index (χ4v) is 1.50. The van der Waals surface area contributed by atoms with Crippen molar-refractivity contribution in [3.8, 4) is 11.6 Å². The molecule has 0 atom stereocenters. The van der Waals surface area contributed by atoms with Crippen LogP contribution in [0.2, 0.25) is 0 Å². The number of rotatable bonds is 3. The van der Waals surface area contributed by atoms with E-state index in [2.05, 4.69) is 11.9 Å². The number of nitrogens with one attached hydrogen (secondary N) is 1. The van der Waals surface area contributed by atoms with Crippen molar-refractivity contribution in [1.29, 1.82) is 5.41 Å². The number of benzene rings is 1. The van der Waals surface area contributed by atoms with Crippen LogP contribution in [0.15, 0.2) is 36.5 Å². The Labute approximate surface area is 106 Å². The molecule has 1 heterocycles. The molecule has 0 saturated heterocycles. The number of nitrogen functional groups attached to an aromatic ring is 1.